The van der Waals surface area contributed by atoms with E-state index in [9.17, 15) is 4.79 Å². The molecule has 4 rings (SSSR count). The first-order chi connectivity index (χ1) is 14.1. The van der Waals surface area contributed by atoms with Crippen LogP contribution >= 0.6 is 0 Å². The highest BCUT2D eigenvalue weighted by atomic mass is 16.1. The van der Waals surface area contributed by atoms with Gasteiger partial charge in [-0.25, -0.2) is 4.98 Å². The van der Waals surface area contributed by atoms with Gasteiger partial charge >= 0.3 is 0 Å². The summed E-state index contributed by atoms with van der Waals surface area (Å²) in [6, 6.07) is 11.6. The molecule has 146 valence electrons. The van der Waals surface area contributed by atoms with Crippen molar-refractivity contribution in [2.75, 3.05) is 20.6 Å². The van der Waals surface area contributed by atoms with E-state index in [-0.39, 0.29) is 5.78 Å². The lowest BCUT2D eigenvalue weighted by Gasteiger charge is -2.09. The van der Waals surface area contributed by atoms with Crippen LogP contribution < -0.4 is 0 Å². The normalized spacial score (nSPS) is 11.3. The molecule has 0 aliphatic heterocycles. The predicted octanol–water partition coefficient (Wildman–Crippen LogP) is 3.98. The van der Waals surface area contributed by atoms with Crippen LogP contribution in [0.5, 0.6) is 0 Å². The van der Waals surface area contributed by atoms with E-state index in [0.29, 0.717) is 6.42 Å². The van der Waals surface area contributed by atoms with Gasteiger partial charge in [0.25, 0.3) is 0 Å². The lowest BCUT2D eigenvalue weighted by Crippen LogP contribution is -2.14. The number of fused-ring (bicyclic) bond motifs is 1. The van der Waals surface area contributed by atoms with Crippen LogP contribution in [0.1, 0.15) is 23.2 Å². The number of imidazole rings is 1. The van der Waals surface area contributed by atoms with Crippen LogP contribution in [-0.2, 0) is 0 Å². The fraction of sp³-hybridized carbons (Fsp3) is 0.217. The van der Waals surface area contributed by atoms with Crippen molar-refractivity contribution in [1.82, 2.24) is 24.3 Å². The van der Waals surface area contributed by atoms with Gasteiger partial charge in [-0.05, 0) is 39.2 Å². The molecule has 3 aromatic heterocycles. The summed E-state index contributed by atoms with van der Waals surface area (Å²) >= 11 is 0. The van der Waals surface area contributed by atoms with Crippen LogP contribution in [0.15, 0.2) is 67.4 Å². The Balaban J connectivity index is 1.58. The summed E-state index contributed by atoms with van der Waals surface area (Å²) in [4.78, 5) is 27.5. The fourth-order valence-electron chi connectivity index (χ4n) is 3.30. The summed E-state index contributed by atoms with van der Waals surface area (Å²) in [5.74, 6) is 0.177. The van der Waals surface area contributed by atoms with Gasteiger partial charge in [-0.3, -0.25) is 19.2 Å². The van der Waals surface area contributed by atoms with Crippen LogP contribution in [0.25, 0.3) is 28.2 Å². The predicted molar refractivity (Wildman–Crippen MR) is 114 cm³/mol. The van der Waals surface area contributed by atoms with Gasteiger partial charge in [-0.1, -0.05) is 24.3 Å². The van der Waals surface area contributed by atoms with Gasteiger partial charge in [0.15, 0.2) is 11.4 Å². The number of ketones is 1. The molecule has 0 atom stereocenters. The molecule has 0 fully saturated rings. The second-order valence-electron chi connectivity index (χ2n) is 7.29. The number of nitrogens with zero attached hydrogens (tertiary/aromatic N) is 5. The van der Waals surface area contributed by atoms with Crippen molar-refractivity contribution in [2.24, 2.45) is 0 Å². The lowest BCUT2D eigenvalue weighted by atomic mass is 10.0. The molecular weight excluding hydrogens is 362 g/mol. The van der Waals surface area contributed by atoms with Crippen molar-refractivity contribution in [3.8, 4) is 22.5 Å². The first-order valence-corrected chi connectivity index (χ1v) is 9.64. The number of hydrogen-bond acceptors (Lipinski definition) is 5. The third kappa shape index (κ3) is 4.22. The molecule has 1 aromatic carbocycles. The van der Waals surface area contributed by atoms with Crippen molar-refractivity contribution in [3.05, 3.63) is 72.9 Å². The highest BCUT2D eigenvalue weighted by Crippen LogP contribution is 2.23. The van der Waals surface area contributed by atoms with Crippen LogP contribution in [-0.4, -0.2) is 50.7 Å². The summed E-state index contributed by atoms with van der Waals surface area (Å²) < 4.78 is 2.03. The van der Waals surface area contributed by atoms with Gasteiger partial charge in [0, 0.05) is 41.7 Å². The summed E-state index contributed by atoms with van der Waals surface area (Å²) in [5, 5.41) is 0. The molecule has 0 bridgehead atoms. The number of carbonyl (C=O) groups is 1. The van der Waals surface area contributed by atoms with Gasteiger partial charge in [0.05, 0.1) is 23.8 Å². The van der Waals surface area contributed by atoms with Gasteiger partial charge in [-0.2, -0.15) is 0 Å². The fourth-order valence-corrected chi connectivity index (χ4v) is 3.30. The Bertz CT molecular complexity index is 1120. The van der Waals surface area contributed by atoms with Crippen molar-refractivity contribution >= 4 is 11.4 Å². The molecule has 3 heterocycles. The number of rotatable bonds is 7. The number of aromatic nitrogens is 4. The molecule has 6 nitrogen and oxygen atoms in total. The number of carbonyl (C=O) groups excluding carboxylic acids is 1. The van der Waals surface area contributed by atoms with E-state index < -0.39 is 0 Å². The summed E-state index contributed by atoms with van der Waals surface area (Å²) in [5.41, 5.74) is 5.35. The standard InChI is InChI=1S/C23H23N5O/c1-27(2)13-3-4-22(29)19-7-5-17(6-8-19)20-16-28-21(14-26-23(28)15-25-20)18-9-11-24-12-10-18/h5-12,14-16H,3-4,13H2,1-2H3. The number of Topliss-reactive ketones (excluding diaryl/α,β-unsaturated/α-hetero) is 1. The van der Waals surface area contributed by atoms with E-state index in [0.717, 1.165) is 46.7 Å². The maximum Gasteiger partial charge on any atom is 0.162 e. The SMILES string of the molecule is CN(C)CCCC(=O)c1ccc(-c2cn3c(-c4ccncc4)cnc3cn2)cc1. The zero-order chi connectivity index (χ0) is 20.2. The van der Waals surface area contributed by atoms with Crippen molar-refractivity contribution in [3.63, 3.8) is 0 Å². The first kappa shape index (κ1) is 19.0. The average Bonchev–Trinajstić information content (AvgIpc) is 3.17. The number of benzene rings is 1. The third-order valence-electron chi connectivity index (χ3n) is 4.88. The molecule has 0 saturated carbocycles. The summed E-state index contributed by atoms with van der Waals surface area (Å²) in [6.07, 6.45) is 10.5. The van der Waals surface area contributed by atoms with Gasteiger partial charge in [0.1, 0.15) is 0 Å². The van der Waals surface area contributed by atoms with E-state index in [1.807, 2.05) is 67.3 Å². The minimum absolute atomic E-state index is 0.177. The van der Waals surface area contributed by atoms with E-state index >= 15 is 0 Å². The van der Waals surface area contributed by atoms with Crippen LogP contribution in [0.3, 0.4) is 0 Å². The highest BCUT2D eigenvalue weighted by Gasteiger charge is 2.10. The smallest absolute Gasteiger partial charge is 0.162 e. The molecular formula is C23H23N5O. The maximum atomic E-state index is 12.4. The second kappa shape index (κ2) is 8.32. The third-order valence-corrected chi connectivity index (χ3v) is 4.88. The minimum atomic E-state index is 0.177. The molecule has 0 unspecified atom stereocenters. The van der Waals surface area contributed by atoms with E-state index in [1.165, 1.54) is 0 Å². The summed E-state index contributed by atoms with van der Waals surface area (Å²) in [6.45, 7) is 0.915. The molecule has 0 saturated heterocycles. The topological polar surface area (TPSA) is 63.4 Å². The minimum Gasteiger partial charge on any atom is -0.309 e. The first-order valence-electron chi connectivity index (χ1n) is 9.64. The van der Waals surface area contributed by atoms with Gasteiger partial charge in [-0.15, -0.1) is 0 Å². The Morgan fingerprint density at radius 1 is 0.966 bits per heavy atom. The molecule has 0 radical (unpaired) electrons. The number of pyridine rings is 1. The average molecular weight is 385 g/mol. The van der Waals surface area contributed by atoms with Crippen LogP contribution in [0, 0.1) is 0 Å². The lowest BCUT2D eigenvalue weighted by molar-refractivity contribution is 0.0977. The van der Waals surface area contributed by atoms with E-state index in [4.69, 9.17) is 0 Å². The zero-order valence-corrected chi connectivity index (χ0v) is 16.6. The van der Waals surface area contributed by atoms with Gasteiger partial charge < -0.3 is 4.90 Å². The summed E-state index contributed by atoms with van der Waals surface area (Å²) in [7, 11) is 4.03. The van der Waals surface area contributed by atoms with Crippen LogP contribution in [0.4, 0.5) is 0 Å². The van der Waals surface area contributed by atoms with E-state index in [2.05, 4.69) is 19.9 Å². The number of hydrogen-bond donors (Lipinski definition) is 0. The molecule has 0 amide bonds. The molecule has 0 aliphatic rings. The molecule has 0 spiro atoms. The monoisotopic (exact) mass is 385 g/mol. The molecule has 4 aromatic rings. The largest absolute Gasteiger partial charge is 0.309 e. The van der Waals surface area contributed by atoms with Crippen molar-refractivity contribution in [2.45, 2.75) is 12.8 Å². The molecule has 29 heavy (non-hydrogen) atoms. The Morgan fingerprint density at radius 2 is 1.72 bits per heavy atom. The molecule has 0 N–H and O–H groups in total. The van der Waals surface area contributed by atoms with Crippen molar-refractivity contribution in [1.29, 1.82) is 0 Å². The zero-order valence-electron chi connectivity index (χ0n) is 16.6. The Labute approximate surface area is 169 Å². The maximum absolute atomic E-state index is 12.4. The molecule has 6 heteroatoms. The molecule has 0 aliphatic carbocycles. The highest BCUT2D eigenvalue weighted by molar-refractivity contribution is 5.96. The van der Waals surface area contributed by atoms with Gasteiger partial charge in [0.2, 0.25) is 0 Å². The van der Waals surface area contributed by atoms with Crippen molar-refractivity contribution < 1.29 is 4.79 Å². The Kier molecular flexibility index (Phi) is 5.44. The second-order valence-corrected chi connectivity index (χ2v) is 7.29. The van der Waals surface area contributed by atoms with E-state index in [1.54, 1.807) is 18.6 Å². The Morgan fingerprint density at radius 3 is 2.45 bits per heavy atom. The quantitative estimate of drug-likeness (QED) is 0.450. The Hall–Kier alpha value is -3.38. The van der Waals surface area contributed by atoms with Crippen LogP contribution in [0.2, 0.25) is 0 Å².